The summed E-state index contributed by atoms with van der Waals surface area (Å²) < 4.78 is 7.53. The molecule has 2 aromatic carbocycles. The number of aryl methyl sites for hydroxylation is 3. The Hall–Kier alpha value is -3.88. The van der Waals surface area contributed by atoms with Gasteiger partial charge in [-0.2, -0.15) is 5.10 Å². The van der Waals surface area contributed by atoms with Gasteiger partial charge in [-0.25, -0.2) is 10.2 Å². The summed E-state index contributed by atoms with van der Waals surface area (Å²) in [6.07, 6.45) is 8.10. The van der Waals surface area contributed by atoms with Crippen LogP contribution in [0.3, 0.4) is 0 Å². The number of methoxy groups -OCH3 is 1. The van der Waals surface area contributed by atoms with E-state index in [1.165, 1.54) is 28.2 Å². The van der Waals surface area contributed by atoms with Crippen LogP contribution in [0, 0.1) is 6.92 Å². The van der Waals surface area contributed by atoms with Gasteiger partial charge in [-0.05, 0) is 60.6 Å². The maximum atomic E-state index is 11.4. The second kappa shape index (κ2) is 10.6. The highest BCUT2D eigenvalue weighted by atomic mass is 16.5. The molecule has 4 aromatic rings. The lowest BCUT2D eigenvalue weighted by molar-refractivity contribution is -0.124. The number of ether oxygens (including phenoxy) is 1. The first-order valence-corrected chi connectivity index (χ1v) is 12.6. The number of para-hydroxylation sites is 1. The summed E-state index contributed by atoms with van der Waals surface area (Å²) in [5.74, 6) is 0.262. The smallest absolute Gasteiger partial charge is 0.267 e. The van der Waals surface area contributed by atoms with Crippen LogP contribution in [0.25, 0.3) is 17.0 Å². The Morgan fingerprint density at radius 3 is 2.97 bits per heavy atom. The summed E-state index contributed by atoms with van der Waals surface area (Å²) in [4.78, 5) is 17.3. The summed E-state index contributed by atoms with van der Waals surface area (Å²) in [5, 5.41) is 14.6. The molecule has 0 fully saturated rings. The molecule has 1 aliphatic rings. The molecule has 0 radical (unpaired) electrons. The number of aromatic nitrogens is 3. The predicted octanol–water partition coefficient (Wildman–Crippen LogP) is 4.47. The van der Waals surface area contributed by atoms with E-state index in [0.29, 0.717) is 0 Å². The zero-order valence-electron chi connectivity index (χ0n) is 21.5. The van der Waals surface area contributed by atoms with Crippen LogP contribution in [-0.4, -0.2) is 44.4 Å². The number of nitrogens with one attached hydrogen (secondary N) is 2. The Labute approximate surface area is 216 Å². The minimum atomic E-state index is -0.539. The number of carbonyl (C=O) groups is 1. The van der Waals surface area contributed by atoms with Crippen molar-refractivity contribution < 1.29 is 14.7 Å². The van der Waals surface area contributed by atoms with Crippen LogP contribution in [0.4, 0.5) is 0 Å². The van der Waals surface area contributed by atoms with Crippen LogP contribution in [0.2, 0.25) is 0 Å². The second-order valence-electron chi connectivity index (χ2n) is 9.60. The molecule has 2 aromatic heterocycles. The maximum Gasteiger partial charge on any atom is 0.267 e. The van der Waals surface area contributed by atoms with Gasteiger partial charge in [-0.3, -0.25) is 14.9 Å². The van der Waals surface area contributed by atoms with Crippen molar-refractivity contribution in [3.63, 3.8) is 0 Å². The predicted molar refractivity (Wildman–Crippen MR) is 143 cm³/mol. The molecule has 8 heteroatoms. The summed E-state index contributed by atoms with van der Waals surface area (Å²) in [5.41, 5.74) is 9.77. The van der Waals surface area contributed by atoms with E-state index in [2.05, 4.69) is 57.6 Å². The monoisotopic (exact) mass is 499 g/mol. The maximum absolute atomic E-state index is 11.4. The molecule has 0 saturated carbocycles. The molecule has 192 valence electrons. The van der Waals surface area contributed by atoms with Crippen molar-refractivity contribution in [3.8, 4) is 5.88 Å². The zero-order chi connectivity index (χ0) is 25.9. The number of fused-ring (bicyclic) bond motifs is 2. The molecule has 0 saturated heterocycles. The number of H-pyrrole nitrogens is 1. The number of benzene rings is 2. The first-order chi connectivity index (χ1) is 18.0. The average molecular weight is 500 g/mol. The van der Waals surface area contributed by atoms with Crippen molar-refractivity contribution in [2.75, 3.05) is 13.7 Å². The molecule has 2 heterocycles. The fraction of sp³-hybridized carbons (Fsp3) is 0.310. The number of carbonyl (C=O) groups excluding carboxylic acids is 1. The summed E-state index contributed by atoms with van der Waals surface area (Å²) in [7, 11) is 3.62. The molecule has 1 amide bonds. The normalized spacial score (nSPS) is 15.1. The molecule has 1 unspecified atom stereocenters. The fourth-order valence-corrected chi connectivity index (χ4v) is 5.58. The Morgan fingerprint density at radius 1 is 1.32 bits per heavy atom. The van der Waals surface area contributed by atoms with E-state index in [1.807, 2.05) is 24.7 Å². The number of amides is 1. The van der Waals surface area contributed by atoms with Gasteiger partial charge in [-0.1, -0.05) is 36.4 Å². The van der Waals surface area contributed by atoms with E-state index in [9.17, 15) is 4.79 Å². The third-order valence-electron chi connectivity index (χ3n) is 7.38. The fourth-order valence-electron chi connectivity index (χ4n) is 5.58. The number of aromatic amines is 1. The highest BCUT2D eigenvalue weighted by Crippen LogP contribution is 2.38. The third kappa shape index (κ3) is 5.03. The van der Waals surface area contributed by atoms with E-state index in [0.717, 1.165) is 60.6 Å². The van der Waals surface area contributed by atoms with E-state index >= 15 is 0 Å². The van der Waals surface area contributed by atoms with Gasteiger partial charge < -0.3 is 9.72 Å². The number of nitrogens with zero attached hydrogens (tertiary/aromatic N) is 3. The van der Waals surface area contributed by atoms with Crippen LogP contribution in [0.5, 0.6) is 5.88 Å². The van der Waals surface area contributed by atoms with Gasteiger partial charge in [0, 0.05) is 49.4 Å². The largest absolute Gasteiger partial charge is 0.481 e. The average Bonchev–Trinajstić information content (AvgIpc) is 3.59. The van der Waals surface area contributed by atoms with Crippen LogP contribution >= 0.6 is 0 Å². The molecule has 5 rings (SSSR count). The lowest BCUT2D eigenvalue weighted by atomic mass is 10.0. The Bertz CT molecular complexity index is 1450. The van der Waals surface area contributed by atoms with E-state index in [4.69, 9.17) is 9.94 Å². The third-order valence-corrected chi connectivity index (χ3v) is 7.38. The molecule has 0 spiro atoms. The van der Waals surface area contributed by atoms with Gasteiger partial charge >= 0.3 is 0 Å². The summed E-state index contributed by atoms with van der Waals surface area (Å²) in [6.45, 7) is 3.68. The van der Waals surface area contributed by atoms with Crippen LogP contribution in [0.1, 0.15) is 46.0 Å². The van der Waals surface area contributed by atoms with E-state index in [1.54, 1.807) is 18.7 Å². The van der Waals surface area contributed by atoms with Gasteiger partial charge in [0.15, 0.2) is 0 Å². The molecule has 0 bridgehead atoms. The van der Waals surface area contributed by atoms with Gasteiger partial charge in [0.1, 0.15) is 0 Å². The van der Waals surface area contributed by atoms with E-state index in [-0.39, 0.29) is 6.04 Å². The topological polar surface area (TPSA) is 95.4 Å². The van der Waals surface area contributed by atoms with Crippen LogP contribution < -0.4 is 10.2 Å². The molecule has 1 atom stereocenters. The molecule has 0 aliphatic heterocycles. The molecule has 1 aliphatic carbocycles. The molecule has 37 heavy (non-hydrogen) atoms. The quantitative estimate of drug-likeness (QED) is 0.179. The van der Waals surface area contributed by atoms with Gasteiger partial charge in [0.25, 0.3) is 5.91 Å². The van der Waals surface area contributed by atoms with Crippen molar-refractivity contribution >= 4 is 22.9 Å². The first kappa shape index (κ1) is 24.8. The Balaban J connectivity index is 1.44. The summed E-state index contributed by atoms with van der Waals surface area (Å²) >= 11 is 0. The highest BCUT2D eigenvalue weighted by molar-refractivity contribution is 5.90. The highest BCUT2D eigenvalue weighted by Gasteiger charge is 2.30. The van der Waals surface area contributed by atoms with Crippen molar-refractivity contribution in [3.05, 3.63) is 88.2 Å². The molecular formula is C29H33N5O3. The van der Waals surface area contributed by atoms with Gasteiger partial charge in [0.2, 0.25) is 5.88 Å². The van der Waals surface area contributed by atoms with E-state index < -0.39 is 5.91 Å². The number of hydrogen-bond acceptors (Lipinski definition) is 5. The molecule has 3 N–H and O–H groups in total. The Kier molecular flexibility index (Phi) is 7.12. The first-order valence-electron chi connectivity index (χ1n) is 12.6. The lowest BCUT2D eigenvalue weighted by Crippen LogP contribution is -2.29. The van der Waals surface area contributed by atoms with Crippen molar-refractivity contribution in [2.24, 2.45) is 7.05 Å². The standard InChI is InChI=1S/C29H33N5O3/c1-19-25(29(37-3)33(2)31-19)18-34(15-14-22-17-30-26-7-5-4-6-23(22)26)27-12-10-21-16-20(8-11-24(21)27)9-13-28(35)32-36/h4-9,11,13,16-17,27,30,36H,10,12,14-15,18H2,1-3H3,(H,32,35). The lowest BCUT2D eigenvalue weighted by Gasteiger charge is -2.30. The van der Waals surface area contributed by atoms with Crippen molar-refractivity contribution in [1.29, 1.82) is 0 Å². The SMILES string of the molecule is COc1c(CN(CCc2c[nH]c3ccccc23)C2CCc3cc(C=CC(=O)NO)ccc32)c(C)nn1C. The van der Waals surface area contributed by atoms with Gasteiger partial charge in [-0.15, -0.1) is 0 Å². The molecular weight excluding hydrogens is 466 g/mol. The zero-order valence-corrected chi connectivity index (χ0v) is 21.5. The number of rotatable bonds is 9. The number of hydrogen-bond donors (Lipinski definition) is 3. The molecule has 8 nitrogen and oxygen atoms in total. The Morgan fingerprint density at radius 2 is 2.16 bits per heavy atom. The minimum absolute atomic E-state index is 0.267. The summed E-state index contributed by atoms with van der Waals surface area (Å²) in [6, 6.07) is 15.1. The minimum Gasteiger partial charge on any atom is -0.481 e. The van der Waals surface area contributed by atoms with Crippen LogP contribution in [0.15, 0.2) is 54.7 Å². The van der Waals surface area contributed by atoms with Gasteiger partial charge in [0.05, 0.1) is 18.4 Å². The van der Waals surface area contributed by atoms with Crippen molar-refractivity contribution in [1.82, 2.24) is 25.1 Å². The second-order valence-corrected chi connectivity index (χ2v) is 9.60. The van der Waals surface area contributed by atoms with Crippen LogP contribution in [-0.2, 0) is 31.2 Å². The number of hydroxylamine groups is 1. The van der Waals surface area contributed by atoms with Crippen molar-refractivity contribution in [2.45, 2.75) is 38.8 Å².